The summed E-state index contributed by atoms with van der Waals surface area (Å²) < 4.78 is 26.9. The molecule has 20 heavy (non-hydrogen) atoms. The summed E-state index contributed by atoms with van der Waals surface area (Å²) in [6.45, 7) is 3.84. The van der Waals surface area contributed by atoms with Gasteiger partial charge in [0.2, 0.25) is 0 Å². The van der Waals surface area contributed by atoms with Crippen molar-refractivity contribution in [1.29, 1.82) is 0 Å². The molecule has 0 radical (unpaired) electrons. The molecule has 0 aliphatic heterocycles. The molecule has 114 valence electrons. The summed E-state index contributed by atoms with van der Waals surface area (Å²) in [7, 11) is 0. The van der Waals surface area contributed by atoms with E-state index in [4.69, 9.17) is 11.6 Å². The standard InChI is InChI=1S/C17H25ClF2/c1-3-4-5-6-7-8-9-10-15(18)14-11-13(2)16(19)12-17(14)20/h11-12,15H,3-10H2,1-2H3. The summed E-state index contributed by atoms with van der Waals surface area (Å²) in [5, 5.41) is -0.357. The van der Waals surface area contributed by atoms with Crippen LogP contribution in [-0.2, 0) is 0 Å². The first kappa shape index (κ1) is 17.4. The molecule has 1 rings (SSSR count). The number of unbranched alkanes of at least 4 members (excludes halogenated alkanes) is 6. The average molecular weight is 303 g/mol. The molecule has 1 aromatic carbocycles. The average Bonchev–Trinajstić information content (AvgIpc) is 2.41. The lowest BCUT2D eigenvalue weighted by Crippen LogP contribution is -1.98. The normalized spacial score (nSPS) is 12.7. The van der Waals surface area contributed by atoms with Gasteiger partial charge in [0, 0.05) is 11.6 Å². The summed E-state index contributed by atoms with van der Waals surface area (Å²) >= 11 is 6.24. The number of aryl methyl sites for hydroxylation is 1. The summed E-state index contributed by atoms with van der Waals surface area (Å²) in [5.74, 6) is -1.04. The van der Waals surface area contributed by atoms with Crippen LogP contribution in [0, 0.1) is 18.6 Å². The predicted molar refractivity (Wildman–Crippen MR) is 82.3 cm³/mol. The Hall–Kier alpha value is -0.630. The van der Waals surface area contributed by atoms with Crippen LogP contribution in [0.1, 0.15) is 74.8 Å². The fourth-order valence-corrected chi connectivity index (χ4v) is 2.68. The van der Waals surface area contributed by atoms with Crippen LogP contribution in [0.4, 0.5) is 8.78 Å². The predicted octanol–water partition coefficient (Wildman–Crippen LogP) is 6.69. The van der Waals surface area contributed by atoms with Crippen molar-refractivity contribution in [3.8, 4) is 0 Å². The molecule has 0 aliphatic rings. The molecular weight excluding hydrogens is 278 g/mol. The van der Waals surface area contributed by atoms with Gasteiger partial charge in [-0.25, -0.2) is 8.78 Å². The van der Waals surface area contributed by atoms with Gasteiger partial charge in [-0.2, -0.15) is 0 Å². The van der Waals surface area contributed by atoms with Gasteiger partial charge in [0.15, 0.2) is 0 Å². The van der Waals surface area contributed by atoms with E-state index in [1.807, 2.05) is 0 Å². The van der Waals surface area contributed by atoms with Gasteiger partial charge in [-0.15, -0.1) is 11.6 Å². The third kappa shape index (κ3) is 5.78. The number of alkyl halides is 1. The summed E-state index contributed by atoms with van der Waals surface area (Å²) in [5.41, 5.74) is 0.878. The quantitative estimate of drug-likeness (QED) is 0.352. The molecule has 0 saturated carbocycles. The molecule has 1 aromatic rings. The van der Waals surface area contributed by atoms with Crippen molar-refractivity contribution in [3.63, 3.8) is 0 Å². The molecule has 0 spiro atoms. The maximum Gasteiger partial charge on any atom is 0.130 e. The molecule has 0 N–H and O–H groups in total. The Morgan fingerprint density at radius 2 is 1.55 bits per heavy atom. The van der Waals surface area contributed by atoms with Gasteiger partial charge >= 0.3 is 0 Å². The Morgan fingerprint density at radius 3 is 2.20 bits per heavy atom. The number of benzene rings is 1. The molecule has 1 unspecified atom stereocenters. The van der Waals surface area contributed by atoms with E-state index in [9.17, 15) is 8.78 Å². The number of hydrogen-bond acceptors (Lipinski definition) is 0. The fourth-order valence-electron chi connectivity index (χ4n) is 2.36. The zero-order valence-corrected chi connectivity index (χ0v) is 13.3. The maximum atomic E-state index is 13.7. The lowest BCUT2D eigenvalue weighted by Gasteiger charge is -2.12. The van der Waals surface area contributed by atoms with Crippen LogP contribution in [0.2, 0.25) is 0 Å². The summed E-state index contributed by atoms with van der Waals surface area (Å²) in [6.07, 6.45) is 9.22. The van der Waals surface area contributed by atoms with Crippen LogP contribution < -0.4 is 0 Å². The second-order valence-corrected chi connectivity index (χ2v) is 6.03. The molecule has 0 amide bonds. The van der Waals surface area contributed by atoms with Gasteiger partial charge in [-0.1, -0.05) is 51.9 Å². The molecule has 0 aliphatic carbocycles. The van der Waals surface area contributed by atoms with E-state index in [1.54, 1.807) is 6.92 Å². The zero-order chi connectivity index (χ0) is 15.0. The van der Waals surface area contributed by atoms with E-state index in [2.05, 4.69) is 6.92 Å². The molecule has 0 nitrogen and oxygen atoms in total. The van der Waals surface area contributed by atoms with E-state index in [1.165, 1.54) is 38.2 Å². The van der Waals surface area contributed by atoms with Crippen LogP contribution in [-0.4, -0.2) is 0 Å². The summed E-state index contributed by atoms with van der Waals surface area (Å²) in [6, 6.07) is 2.47. The second-order valence-electron chi connectivity index (χ2n) is 5.50. The SMILES string of the molecule is CCCCCCCCCC(Cl)c1cc(C)c(F)cc1F. The zero-order valence-electron chi connectivity index (χ0n) is 12.5. The third-order valence-electron chi connectivity index (χ3n) is 3.68. The second kappa shape index (κ2) is 9.33. The first-order valence-corrected chi connectivity index (χ1v) is 8.09. The number of halogens is 3. The molecule has 1 atom stereocenters. The van der Waals surface area contributed by atoms with Crippen molar-refractivity contribution in [2.24, 2.45) is 0 Å². The van der Waals surface area contributed by atoms with E-state index in [0.29, 0.717) is 11.1 Å². The molecule has 3 heteroatoms. The van der Waals surface area contributed by atoms with Crippen LogP contribution in [0.3, 0.4) is 0 Å². The highest BCUT2D eigenvalue weighted by molar-refractivity contribution is 6.20. The lowest BCUT2D eigenvalue weighted by atomic mass is 10.0. The topological polar surface area (TPSA) is 0 Å². The van der Waals surface area contributed by atoms with Crippen molar-refractivity contribution in [2.75, 3.05) is 0 Å². The maximum absolute atomic E-state index is 13.7. The van der Waals surface area contributed by atoms with Crippen LogP contribution in [0.5, 0.6) is 0 Å². The molecule has 0 aromatic heterocycles. The highest BCUT2D eigenvalue weighted by atomic mass is 35.5. The van der Waals surface area contributed by atoms with Crippen molar-refractivity contribution in [3.05, 3.63) is 34.9 Å². The summed E-state index contributed by atoms with van der Waals surface area (Å²) in [4.78, 5) is 0. The minimum absolute atomic E-state index is 0.357. The highest BCUT2D eigenvalue weighted by Gasteiger charge is 2.15. The first-order chi connectivity index (χ1) is 9.56. The van der Waals surface area contributed by atoms with Gasteiger partial charge in [-0.3, -0.25) is 0 Å². The van der Waals surface area contributed by atoms with Crippen molar-refractivity contribution in [1.82, 2.24) is 0 Å². The van der Waals surface area contributed by atoms with E-state index in [-0.39, 0.29) is 5.38 Å². The lowest BCUT2D eigenvalue weighted by molar-refractivity contribution is 0.546. The monoisotopic (exact) mass is 302 g/mol. The van der Waals surface area contributed by atoms with Crippen molar-refractivity contribution in [2.45, 2.75) is 70.6 Å². The Bertz CT molecular complexity index is 404. The Kier molecular flexibility index (Phi) is 8.13. The van der Waals surface area contributed by atoms with Gasteiger partial charge < -0.3 is 0 Å². The van der Waals surface area contributed by atoms with E-state index >= 15 is 0 Å². The van der Waals surface area contributed by atoms with Gasteiger partial charge in [0.25, 0.3) is 0 Å². The minimum atomic E-state index is -0.531. The number of hydrogen-bond donors (Lipinski definition) is 0. The first-order valence-electron chi connectivity index (χ1n) is 7.65. The third-order valence-corrected chi connectivity index (χ3v) is 4.13. The number of rotatable bonds is 9. The van der Waals surface area contributed by atoms with E-state index < -0.39 is 11.6 Å². The molecule has 0 saturated heterocycles. The van der Waals surface area contributed by atoms with Crippen molar-refractivity contribution < 1.29 is 8.78 Å². The Labute approximate surface area is 126 Å². The van der Waals surface area contributed by atoms with Gasteiger partial charge in [0.05, 0.1) is 5.38 Å². The minimum Gasteiger partial charge on any atom is -0.207 e. The molecular formula is C17H25ClF2. The molecule has 0 bridgehead atoms. The largest absolute Gasteiger partial charge is 0.207 e. The van der Waals surface area contributed by atoms with Crippen LogP contribution in [0.25, 0.3) is 0 Å². The smallest absolute Gasteiger partial charge is 0.130 e. The molecule has 0 fully saturated rings. The van der Waals surface area contributed by atoms with Gasteiger partial charge in [0.1, 0.15) is 11.6 Å². The fraction of sp³-hybridized carbons (Fsp3) is 0.647. The Morgan fingerprint density at radius 1 is 0.950 bits per heavy atom. The van der Waals surface area contributed by atoms with E-state index in [0.717, 1.165) is 25.3 Å². The van der Waals surface area contributed by atoms with Crippen molar-refractivity contribution >= 4 is 11.6 Å². The molecule has 0 heterocycles. The highest BCUT2D eigenvalue weighted by Crippen LogP contribution is 2.30. The Balaban J connectivity index is 2.32. The van der Waals surface area contributed by atoms with Crippen LogP contribution >= 0.6 is 11.6 Å². The van der Waals surface area contributed by atoms with Gasteiger partial charge in [-0.05, 0) is 25.0 Å². The van der Waals surface area contributed by atoms with Crippen LogP contribution in [0.15, 0.2) is 12.1 Å².